The van der Waals surface area contributed by atoms with Crippen molar-refractivity contribution < 1.29 is 19.0 Å². The van der Waals surface area contributed by atoms with Gasteiger partial charge >= 0.3 is 0 Å². The monoisotopic (exact) mass is 485 g/mol. The number of hydrogen-bond donors (Lipinski definition) is 0. The molecule has 0 spiro atoms. The lowest BCUT2D eigenvalue weighted by Crippen LogP contribution is -2.24. The van der Waals surface area contributed by atoms with Gasteiger partial charge in [-0.1, -0.05) is 12.1 Å². The maximum atomic E-state index is 13.0. The van der Waals surface area contributed by atoms with Gasteiger partial charge in [0.1, 0.15) is 23.1 Å². The Labute approximate surface area is 211 Å². The number of carbonyl (C=O) groups excluding carboxylic acids is 1. The van der Waals surface area contributed by atoms with Gasteiger partial charge in [-0.15, -0.1) is 0 Å². The van der Waals surface area contributed by atoms with Crippen LogP contribution in [-0.2, 0) is 11.3 Å². The van der Waals surface area contributed by atoms with E-state index in [2.05, 4.69) is 10.6 Å². The summed E-state index contributed by atoms with van der Waals surface area (Å²) < 4.78 is 18.9. The fourth-order valence-corrected chi connectivity index (χ4v) is 4.74. The van der Waals surface area contributed by atoms with Gasteiger partial charge in [0.25, 0.3) is 0 Å². The normalized spacial score (nSPS) is 15.4. The van der Waals surface area contributed by atoms with E-state index in [9.17, 15) is 4.79 Å². The number of imidazole rings is 1. The molecule has 186 valence electrons. The number of benzene rings is 3. The molecule has 1 fully saturated rings. The van der Waals surface area contributed by atoms with Gasteiger partial charge in [0.2, 0.25) is 5.91 Å². The number of para-hydroxylation sites is 2. The predicted octanol–water partition coefficient (Wildman–Crippen LogP) is 5.43. The first-order chi connectivity index (χ1) is 17.7. The van der Waals surface area contributed by atoms with Crippen LogP contribution in [0.4, 0.5) is 5.69 Å². The van der Waals surface area contributed by atoms with Gasteiger partial charge in [-0.3, -0.25) is 4.79 Å². The van der Waals surface area contributed by atoms with Gasteiger partial charge in [-0.25, -0.2) is 4.98 Å². The minimum Gasteiger partial charge on any atom is -0.497 e. The van der Waals surface area contributed by atoms with Crippen LogP contribution in [0.1, 0.15) is 31.5 Å². The highest BCUT2D eigenvalue weighted by atomic mass is 16.5. The molecule has 1 amide bonds. The van der Waals surface area contributed by atoms with E-state index in [1.165, 1.54) is 0 Å². The number of amides is 1. The molecule has 3 aromatic carbocycles. The number of methoxy groups -OCH3 is 1. The Hall–Kier alpha value is -4.00. The van der Waals surface area contributed by atoms with Gasteiger partial charge in [-0.2, -0.15) is 0 Å². The van der Waals surface area contributed by atoms with Gasteiger partial charge in [0.05, 0.1) is 31.4 Å². The van der Waals surface area contributed by atoms with Crippen molar-refractivity contribution in [1.82, 2.24) is 9.55 Å². The molecule has 1 aromatic heterocycles. The van der Waals surface area contributed by atoms with Crippen LogP contribution >= 0.6 is 0 Å². The van der Waals surface area contributed by atoms with Crippen molar-refractivity contribution >= 4 is 22.6 Å². The fourth-order valence-electron chi connectivity index (χ4n) is 4.74. The van der Waals surface area contributed by atoms with E-state index in [0.717, 1.165) is 52.8 Å². The minimum atomic E-state index is 0.0268. The molecule has 0 N–H and O–H groups in total. The summed E-state index contributed by atoms with van der Waals surface area (Å²) in [5.74, 6) is 3.54. The number of aryl methyl sites for hydroxylation is 1. The number of fused-ring (bicyclic) bond motifs is 1. The van der Waals surface area contributed by atoms with Crippen molar-refractivity contribution in [2.75, 3.05) is 31.8 Å². The number of hydrogen-bond acceptors (Lipinski definition) is 5. The van der Waals surface area contributed by atoms with E-state index in [0.29, 0.717) is 26.2 Å². The molecule has 0 bridgehead atoms. The van der Waals surface area contributed by atoms with Crippen LogP contribution in [0.15, 0.2) is 72.8 Å². The number of anilines is 1. The summed E-state index contributed by atoms with van der Waals surface area (Å²) >= 11 is 0. The molecule has 1 saturated heterocycles. The third-order valence-electron chi connectivity index (χ3n) is 6.49. The summed E-state index contributed by atoms with van der Waals surface area (Å²) in [7, 11) is 1.65. The Morgan fingerprint density at radius 3 is 2.36 bits per heavy atom. The highest BCUT2D eigenvalue weighted by molar-refractivity contribution is 5.96. The van der Waals surface area contributed by atoms with Gasteiger partial charge < -0.3 is 23.7 Å². The first-order valence-electron chi connectivity index (χ1n) is 12.4. The molecule has 1 aliphatic rings. The first-order valence-corrected chi connectivity index (χ1v) is 12.4. The van der Waals surface area contributed by atoms with Crippen LogP contribution in [0.25, 0.3) is 11.0 Å². The Morgan fingerprint density at radius 1 is 0.917 bits per heavy atom. The summed E-state index contributed by atoms with van der Waals surface area (Å²) in [6.45, 7) is 4.53. The van der Waals surface area contributed by atoms with Crippen LogP contribution in [-0.4, -0.2) is 42.3 Å². The highest BCUT2D eigenvalue weighted by Gasteiger charge is 2.34. The molecule has 5 rings (SSSR count). The number of carbonyl (C=O) groups is 1. The zero-order valence-electron chi connectivity index (χ0n) is 20.7. The van der Waals surface area contributed by atoms with Crippen molar-refractivity contribution in [3.63, 3.8) is 0 Å². The summed E-state index contributed by atoms with van der Waals surface area (Å²) in [6.07, 6.45) is 1.27. The van der Waals surface area contributed by atoms with Crippen molar-refractivity contribution in [2.24, 2.45) is 0 Å². The topological polar surface area (TPSA) is 65.8 Å². The molecule has 7 nitrogen and oxygen atoms in total. The third kappa shape index (κ3) is 5.00. The van der Waals surface area contributed by atoms with Gasteiger partial charge in [0, 0.05) is 31.1 Å². The van der Waals surface area contributed by atoms with Crippen molar-refractivity contribution in [1.29, 1.82) is 0 Å². The van der Waals surface area contributed by atoms with Crippen molar-refractivity contribution in [3.8, 4) is 17.2 Å². The van der Waals surface area contributed by atoms with Crippen molar-refractivity contribution in [3.05, 3.63) is 78.6 Å². The lowest BCUT2D eigenvalue weighted by atomic mass is 10.1. The molecule has 4 aromatic rings. The molecular weight excluding hydrogens is 454 g/mol. The summed E-state index contributed by atoms with van der Waals surface area (Å²) in [5, 5.41) is 0. The average molecular weight is 486 g/mol. The Kier molecular flexibility index (Phi) is 7.07. The molecule has 36 heavy (non-hydrogen) atoms. The van der Waals surface area contributed by atoms with Gasteiger partial charge in [0.15, 0.2) is 0 Å². The molecule has 1 aliphatic heterocycles. The first kappa shape index (κ1) is 23.7. The second-order valence-corrected chi connectivity index (χ2v) is 8.82. The Balaban J connectivity index is 1.30. The second kappa shape index (κ2) is 10.7. The highest BCUT2D eigenvalue weighted by Crippen LogP contribution is 2.34. The molecule has 0 aliphatic carbocycles. The average Bonchev–Trinajstić information content (AvgIpc) is 3.48. The molecule has 0 saturated carbocycles. The van der Waals surface area contributed by atoms with Crippen LogP contribution in [0, 0.1) is 0 Å². The SMILES string of the molecule is CCOc1ccc(N2CC(c3nc4ccccc4n3CCCOc3ccc(OC)cc3)CC2=O)cc1. The van der Waals surface area contributed by atoms with E-state index < -0.39 is 0 Å². The third-order valence-corrected chi connectivity index (χ3v) is 6.49. The number of ether oxygens (including phenoxy) is 3. The number of aromatic nitrogens is 2. The Bertz CT molecular complexity index is 1310. The standard InChI is InChI=1S/C29H31N3O4/c1-3-35-24-11-9-22(10-12-24)32-20-21(19-28(32)33)29-30-26-7-4-5-8-27(26)31(29)17-6-18-36-25-15-13-23(34-2)14-16-25/h4-5,7-16,21H,3,6,17-20H2,1-2H3. The fraction of sp³-hybridized carbons (Fsp3) is 0.310. The number of nitrogens with zero attached hydrogens (tertiary/aromatic N) is 3. The van der Waals surface area contributed by atoms with E-state index in [1.807, 2.05) is 78.6 Å². The van der Waals surface area contributed by atoms with Crippen LogP contribution in [0.3, 0.4) is 0 Å². The van der Waals surface area contributed by atoms with Gasteiger partial charge in [-0.05, 0) is 74.0 Å². The van der Waals surface area contributed by atoms with E-state index in [1.54, 1.807) is 7.11 Å². The zero-order valence-corrected chi connectivity index (χ0v) is 20.7. The number of rotatable bonds is 10. The lowest BCUT2D eigenvalue weighted by molar-refractivity contribution is -0.117. The Morgan fingerprint density at radius 2 is 1.61 bits per heavy atom. The van der Waals surface area contributed by atoms with Crippen molar-refractivity contribution in [2.45, 2.75) is 32.2 Å². The summed E-state index contributed by atoms with van der Waals surface area (Å²) in [4.78, 5) is 19.8. The zero-order chi connectivity index (χ0) is 24.9. The van der Waals surface area contributed by atoms with E-state index >= 15 is 0 Å². The smallest absolute Gasteiger partial charge is 0.227 e. The minimum absolute atomic E-state index is 0.0268. The maximum absolute atomic E-state index is 13.0. The predicted molar refractivity (Wildman–Crippen MR) is 140 cm³/mol. The molecule has 1 unspecified atom stereocenters. The van der Waals surface area contributed by atoms with Crippen LogP contribution < -0.4 is 19.1 Å². The quantitative estimate of drug-likeness (QED) is 0.280. The lowest BCUT2D eigenvalue weighted by Gasteiger charge is -2.18. The largest absolute Gasteiger partial charge is 0.497 e. The molecule has 2 heterocycles. The molecule has 7 heteroatoms. The van der Waals surface area contributed by atoms with E-state index in [-0.39, 0.29) is 11.8 Å². The maximum Gasteiger partial charge on any atom is 0.227 e. The van der Waals surface area contributed by atoms with E-state index in [4.69, 9.17) is 19.2 Å². The molecule has 1 atom stereocenters. The second-order valence-electron chi connectivity index (χ2n) is 8.82. The molecular formula is C29H31N3O4. The summed E-state index contributed by atoms with van der Waals surface area (Å²) in [6, 6.07) is 23.5. The van der Waals surface area contributed by atoms with Crippen LogP contribution in [0.5, 0.6) is 17.2 Å². The molecule has 0 radical (unpaired) electrons. The summed E-state index contributed by atoms with van der Waals surface area (Å²) in [5.41, 5.74) is 2.93. The van der Waals surface area contributed by atoms with Crippen LogP contribution in [0.2, 0.25) is 0 Å².